The van der Waals surface area contributed by atoms with Gasteiger partial charge in [-0.3, -0.25) is 4.79 Å². The number of esters is 1. The predicted octanol–water partition coefficient (Wildman–Crippen LogP) is 2.40. The number of sulfonamides is 1. The van der Waals surface area contributed by atoms with E-state index in [-0.39, 0.29) is 4.90 Å². The van der Waals surface area contributed by atoms with Crippen molar-refractivity contribution in [1.82, 2.24) is 5.32 Å². The zero-order valence-electron chi connectivity index (χ0n) is 15.7. The Labute approximate surface area is 178 Å². The molecule has 0 aliphatic carbocycles. The summed E-state index contributed by atoms with van der Waals surface area (Å²) in [4.78, 5) is 23.9. The summed E-state index contributed by atoms with van der Waals surface area (Å²) in [6.45, 7) is 1.80. The lowest BCUT2D eigenvalue weighted by Gasteiger charge is -2.12. The number of hydrogen-bond acceptors (Lipinski definition) is 5. The Bertz CT molecular complexity index is 987. The molecule has 2 aromatic rings. The van der Waals surface area contributed by atoms with Crippen LogP contribution in [0.4, 0.5) is 0 Å². The monoisotopic (exact) mass is 480 g/mol. The summed E-state index contributed by atoms with van der Waals surface area (Å²) >= 11 is 3.33. The van der Waals surface area contributed by atoms with E-state index in [1.807, 2.05) is 24.3 Å². The second-order valence-electron chi connectivity index (χ2n) is 6.19. The summed E-state index contributed by atoms with van der Waals surface area (Å²) < 4.78 is 28.5. The van der Waals surface area contributed by atoms with Crippen LogP contribution in [0.25, 0.3) is 6.08 Å². The number of rotatable bonds is 8. The molecular formula is C20H21BrN2O5S. The van der Waals surface area contributed by atoms with E-state index in [1.54, 1.807) is 18.2 Å². The smallest absolute Gasteiger partial charge is 0.331 e. The average Bonchev–Trinajstić information content (AvgIpc) is 2.67. The summed E-state index contributed by atoms with van der Waals surface area (Å²) in [6, 6.07) is 13.4. The van der Waals surface area contributed by atoms with Crippen LogP contribution < -0.4 is 10.5 Å². The van der Waals surface area contributed by atoms with Gasteiger partial charge in [0.25, 0.3) is 5.91 Å². The van der Waals surface area contributed by atoms with Gasteiger partial charge in [0.05, 0.1) is 4.90 Å². The minimum Gasteiger partial charge on any atom is -0.449 e. The summed E-state index contributed by atoms with van der Waals surface area (Å²) in [5.74, 6) is -1.04. The van der Waals surface area contributed by atoms with E-state index in [4.69, 9.17) is 9.88 Å². The van der Waals surface area contributed by atoms with Crippen LogP contribution in [-0.2, 0) is 30.8 Å². The van der Waals surface area contributed by atoms with Crippen molar-refractivity contribution in [2.45, 2.75) is 24.3 Å². The highest BCUT2D eigenvalue weighted by atomic mass is 79.9. The van der Waals surface area contributed by atoms with Crippen LogP contribution in [-0.4, -0.2) is 32.9 Å². The second-order valence-corrected chi connectivity index (χ2v) is 8.67. The van der Waals surface area contributed by atoms with Gasteiger partial charge in [-0.2, -0.15) is 0 Å². The van der Waals surface area contributed by atoms with Crippen LogP contribution in [0.2, 0.25) is 0 Å². The highest BCUT2D eigenvalue weighted by molar-refractivity contribution is 9.10. The van der Waals surface area contributed by atoms with Crippen LogP contribution in [0.3, 0.4) is 0 Å². The molecule has 0 spiro atoms. The molecule has 0 bridgehead atoms. The fourth-order valence-corrected chi connectivity index (χ4v) is 3.10. The Morgan fingerprint density at radius 2 is 1.76 bits per heavy atom. The van der Waals surface area contributed by atoms with E-state index in [0.29, 0.717) is 13.0 Å². The largest absolute Gasteiger partial charge is 0.449 e. The Hall–Kier alpha value is -2.49. The fraction of sp³-hybridized carbons (Fsp3) is 0.200. The molecule has 7 nitrogen and oxygen atoms in total. The molecule has 3 N–H and O–H groups in total. The molecule has 0 radical (unpaired) electrons. The molecule has 0 fully saturated rings. The topological polar surface area (TPSA) is 116 Å². The van der Waals surface area contributed by atoms with E-state index in [2.05, 4.69) is 21.2 Å². The van der Waals surface area contributed by atoms with Gasteiger partial charge in [-0.05, 0) is 54.8 Å². The van der Waals surface area contributed by atoms with Crippen molar-refractivity contribution in [2.75, 3.05) is 6.54 Å². The SMILES string of the molecule is CC(OC(=O)/C=C/c1ccc(Br)cc1)C(=O)NCCc1ccc(S(N)(=O)=O)cc1. The van der Waals surface area contributed by atoms with Crippen molar-refractivity contribution in [3.8, 4) is 0 Å². The van der Waals surface area contributed by atoms with Crippen LogP contribution in [0.1, 0.15) is 18.1 Å². The molecule has 1 amide bonds. The maximum atomic E-state index is 12.1. The van der Waals surface area contributed by atoms with Gasteiger partial charge >= 0.3 is 5.97 Å². The number of nitrogens with two attached hydrogens (primary N) is 1. The van der Waals surface area contributed by atoms with Gasteiger partial charge in [0.2, 0.25) is 10.0 Å². The Kier molecular flexibility index (Phi) is 8.12. The molecule has 0 saturated heterocycles. The summed E-state index contributed by atoms with van der Waals surface area (Å²) in [7, 11) is -3.73. The molecule has 2 aromatic carbocycles. The number of halogens is 1. The van der Waals surface area contributed by atoms with Crippen molar-refractivity contribution in [3.05, 3.63) is 70.2 Å². The molecule has 0 aliphatic rings. The first-order valence-corrected chi connectivity index (χ1v) is 11.0. The van der Waals surface area contributed by atoms with Crippen LogP contribution in [0, 0.1) is 0 Å². The number of carbonyl (C=O) groups is 2. The van der Waals surface area contributed by atoms with Gasteiger partial charge in [-0.25, -0.2) is 18.4 Å². The molecule has 29 heavy (non-hydrogen) atoms. The maximum Gasteiger partial charge on any atom is 0.331 e. The van der Waals surface area contributed by atoms with E-state index >= 15 is 0 Å². The second kappa shape index (κ2) is 10.3. The third-order valence-corrected chi connectivity index (χ3v) is 5.37. The molecule has 154 valence electrons. The fourth-order valence-electron chi connectivity index (χ4n) is 2.32. The number of amides is 1. The molecule has 9 heteroatoms. The zero-order chi connectivity index (χ0) is 21.4. The Morgan fingerprint density at radius 1 is 1.14 bits per heavy atom. The third-order valence-electron chi connectivity index (χ3n) is 3.91. The highest BCUT2D eigenvalue weighted by Crippen LogP contribution is 2.12. The van der Waals surface area contributed by atoms with Gasteiger partial charge in [-0.1, -0.05) is 40.2 Å². The van der Waals surface area contributed by atoms with Gasteiger partial charge in [0.15, 0.2) is 6.10 Å². The summed E-state index contributed by atoms with van der Waals surface area (Å²) in [5.41, 5.74) is 1.66. The normalized spacial score (nSPS) is 12.5. The molecule has 0 aromatic heterocycles. The predicted molar refractivity (Wildman–Crippen MR) is 113 cm³/mol. The molecular weight excluding hydrogens is 460 g/mol. The summed E-state index contributed by atoms with van der Waals surface area (Å²) in [6.07, 6.45) is 2.41. The minimum absolute atomic E-state index is 0.0296. The van der Waals surface area contributed by atoms with Crippen LogP contribution in [0.15, 0.2) is 64.0 Å². The van der Waals surface area contributed by atoms with Crippen molar-refractivity contribution in [1.29, 1.82) is 0 Å². The molecule has 2 rings (SSSR count). The van der Waals surface area contributed by atoms with Gasteiger partial charge < -0.3 is 10.1 Å². The lowest BCUT2D eigenvalue weighted by molar-refractivity contribution is -0.150. The molecule has 1 atom stereocenters. The number of benzene rings is 2. The number of primary sulfonamides is 1. The Morgan fingerprint density at radius 3 is 2.34 bits per heavy atom. The van der Waals surface area contributed by atoms with Crippen LogP contribution >= 0.6 is 15.9 Å². The average molecular weight is 481 g/mol. The van der Waals surface area contributed by atoms with Gasteiger partial charge in [0, 0.05) is 17.1 Å². The highest BCUT2D eigenvalue weighted by Gasteiger charge is 2.16. The molecule has 0 saturated carbocycles. The van der Waals surface area contributed by atoms with E-state index in [0.717, 1.165) is 15.6 Å². The van der Waals surface area contributed by atoms with Crippen molar-refractivity contribution in [2.24, 2.45) is 5.14 Å². The van der Waals surface area contributed by atoms with Crippen molar-refractivity contribution >= 4 is 43.9 Å². The number of hydrogen-bond donors (Lipinski definition) is 2. The van der Waals surface area contributed by atoms with E-state index < -0.39 is 28.0 Å². The number of ether oxygens (including phenoxy) is 1. The first-order valence-electron chi connectivity index (χ1n) is 8.69. The lowest BCUT2D eigenvalue weighted by Crippen LogP contribution is -2.36. The van der Waals surface area contributed by atoms with E-state index in [9.17, 15) is 18.0 Å². The molecule has 0 heterocycles. The number of nitrogens with one attached hydrogen (secondary N) is 1. The zero-order valence-corrected chi connectivity index (χ0v) is 18.1. The van der Waals surface area contributed by atoms with Crippen LogP contribution in [0.5, 0.6) is 0 Å². The maximum absolute atomic E-state index is 12.1. The molecule has 0 aliphatic heterocycles. The first-order chi connectivity index (χ1) is 13.6. The standard InChI is InChI=1S/C20H21BrN2O5S/c1-14(28-19(24)11-6-15-2-7-17(21)8-3-15)20(25)23-13-12-16-4-9-18(10-5-16)29(22,26)27/h2-11,14H,12-13H2,1H3,(H,23,25)(H2,22,26,27)/b11-6+. The summed E-state index contributed by atoms with van der Waals surface area (Å²) in [5, 5.41) is 7.72. The number of carbonyl (C=O) groups excluding carboxylic acids is 2. The van der Waals surface area contributed by atoms with Gasteiger partial charge in [-0.15, -0.1) is 0 Å². The Balaban J connectivity index is 1.76. The quantitative estimate of drug-likeness (QED) is 0.444. The van der Waals surface area contributed by atoms with E-state index in [1.165, 1.54) is 25.1 Å². The van der Waals surface area contributed by atoms with Crippen molar-refractivity contribution < 1.29 is 22.7 Å². The van der Waals surface area contributed by atoms with Gasteiger partial charge in [0.1, 0.15) is 0 Å². The minimum atomic E-state index is -3.73. The lowest BCUT2D eigenvalue weighted by atomic mass is 10.1. The molecule has 1 unspecified atom stereocenters. The first kappa shape index (κ1) is 22.8. The van der Waals surface area contributed by atoms with Crippen molar-refractivity contribution in [3.63, 3.8) is 0 Å². The third kappa shape index (κ3) is 7.80.